The van der Waals surface area contributed by atoms with E-state index in [0.717, 1.165) is 66.1 Å². The maximum Gasteiger partial charge on any atom is 0.205 e. The van der Waals surface area contributed by atoms with Crippen molar-refractivity contribution in [3.63, 3.8) is 0 Å². The minimum absolute atomic E-state index is 0.0320. The number of ketones is 1. The summed E-state index contributed by atoms with van der Waals surface area (Å²) in [6, 6.07) is 7.43. The predicted molar refractivity (Wildman–Crippen MR) is 121 cm³/mol. The summed E-state index contributed by atoms with van der Waals surface area (Å²) in [4.78, 5) is 22.0. The van der Waals surface area contributed by atoms with E-state index >= 15 is 0 Å². The number of carbonyl (C=O) groups is 1. The van der Waals surface area contributed by atoms with Crippen LogP contribution in [0.2, 0.25) is 0 Å². The van der Waals surface area contributed by atoms with Crippen molar-refractivity contribution in [2.75, 3.05) is 36.9 Å². The van der Waals surface area contributed by atoms with Gasteiger partial charge in [0.25, 0.3) is 0 Å². The zero-order chi connectivity index (χ0) is 20.0. The molecule has 1 aliphatic carbocycles. The van der Waals surface area contributed by atoms with Crippen LogP contribution in [0.3, 0.4) is 0 Å². The van der Waals surface area contributed by atoms with Crippen LogP contribution in [-0.2, 0) is 17.6 Å². The Kier molecular flexibility index (Phi) is 5.05. The second-order valence-electron chi connectivity index (χ2n) is 7.56. The second kappa shape index (κ2) is 7.70. The number of hydrogen-bond acceptors (Lipinski definition) is 6. The molecule has 0 radical (unpaired) electrons. The molecule has 1 fully saturated rings. The molecule has 0 unspecified atom stereocenters. The smallest absolute Gasteiger partial charge is 0.205 e. The number of pyridine rings is 1. The Hall–Kier alpha value is -1.96. The quantitative estimate of drug-likeness (QED) is 0.565. The number of nitrogens with two attached hydrogens (primary N) is 1. The summed E-state index contributed by atoms with van der Waals surface area (Å²) in [6.45, 7) is 3.18. The molecule has 0 amide bonds. The molecule has 1 aromatic carbocycles. The third-order valence-corrected chi connectivity index (χ3v) is 7.42. The van der Waals surface area contributed by atoms with E-state index < -0.39 is 0 Å². The third-order valence-electron chi connectivity index (χ3n) is 5.80. The molecule has 1 saturated heterocycles. The van der Waals surface area contributed by atoms with Crippen LogP contribution in [0.5, 0.6) is 0 Å². The standard InChI is InChI=1S/C22H22BrN3O2S/c23-14-7-5-13(6-8-14)19(27)20-18(24)17-15-3-1-2-4-16(15)21(25-22(17)29-20)26-9-11-28-12-10-26/h5-8H,1-4,9-12,24H2. The van der Waals surface area contributed by atoms with Crippen molar-refractivity contribution in [2.45, 2.75) is 25.7 Å². The molecule has 5 nitrogen and oxygen atoms in total. The summed E-state index contributed by atoms with van der Waals surface area (Å²) in [5, 5.41) is 1.00. The molecule has 1 aliphatic heterocycles. The number of nitrogen functional groups attached to an aromatic ring is 1. The summed E-state index contributed by atoms with van der Waals surface area (Å²) in [7, 11) is 0. The lowest BCUT2D eigenvalue weighted by molar-refractivity contribution is 0.104. The van der Waals surface area contributed by atoms with Crippen molar-refractivity contribution in [2.24, 2.45) is 0 Å². The van der Waals surface area contributed by atoms with E-state index in [1.165, 1.54) is 28.9 Å². The summed E-state index contributed by atoms with van der Waals surface area (Å²) < 4.78 is 6.48. The van der Waals surface area contributed by atoms with Gasteiger partial charge in [-0.15, -0.1) is 11.3 Å². The number of ether oxygens (including phenoxy) is 1. The van der Waals surface area contributed by atoms with Gasteiger partial charge in [0, 0.05) is 28.5 Å². The molecule has 150 valence electrons. The lowest BCUT2D eigenvalue weighted by Gasteiger charge is -2.31. The van der Waals surface area contributed by atoms with Gasteiger partial charge in [-0.1, -0.05) is 15.9 Å². The fraction of sp³-hybridized carbons (Fsp3) is 0.364. The molecule has 7 heteroatoms. The van der Waals surface area contributed by atoms with Crippen molar-refractivity contribution < 1.29 is 9.53 Å². The number of aryl methyl sites for hydroxylation is 1. The van der Waals surface area contributed by atoms with Crippen LogP contribution in [0.15, 0.2) is 28.7 Å². The minimum atomic E-state index is -0.0320. The van der Waals surface area contributed by atoms with Crippen LogP contribution >= 0.6 is 27.3 Å². The number of anilines is 2. The number of benzene rings is 1. The fourth-order valence-corrected chi connectivity index (χ4v) is 5.68. The molecule has 0 saturated carbocycles. The summed E-state index contributed by atoms with van der Waals surface area (Å²) >= 11 is 4.85. The first-order valence-electron chi connectivity index (χ1n) is 10.00. The van der Waals surface area contributed by atoms with Crippen LogP contribution in [0, 0.1) is 0 Å². The highest BCUT2D eigenvalue weighted by molar-refractivity contribution is 9.10. The van der Waals surface area contributed by atoms with Crippen LogP contribution in [0.1, 0.15) is 39.2 Å². The van der Waals surface area contributed by atoms with E-state index in [0.29, 0.717) is 16.1 Å². The number of fused-ring (bicyclic) bond motifs is 3. The number of rotatable bonds is 3. The van der Waals surface area contributed by atoms with E-state index in [2.05, 4.69) is 20.8 Å². The number of thiophene rings is 1. The highest BCUT2D eigenvalue weighted by Gasteiger charge is 2.28. The summed E-state index contributed by atoms with van der Waals surface area (Å²) in [5.41, 5.74) is 10.4. The average Bonchev–Trinajstić information content (AvgIpc) is 3.10. The van der Waals surface area contributed by atoms with E-state index in [1.807, 2.05) is 24.3 Å². The number of hydrogen-bond donors (Lipinski definition) is 1. The number of nitrogens with zero attached hydrogens (tertiary/aromatic N) is 2. The molecule has 2 aromatic heterocycles. The lowest BCUT2D eigenvalue weighted by Crippen LogP contribution is -2.37. The van der Waals surface area contributed by atoms with Gasteiger partial charge >= 0.3 is 0 Å². The Morgan fingerprint density at radius 3 is 2.52 bits per heavy atom. The van der Waals surface area contributed by atoms with Gasteiger partial charge < -0.3 is 15.4 Å². The number of carbonyl (C=O) groups excluding carboxylic acids is 1. The Labute approximate surface area is 182 Å². The Bertz CT molecular complexity index is 1090. The predicted octanol–water partition coefficient (Wildman–Crippen LogP) is 4.59. The van der Waals surface area contributed by atoms with Crippen LogP contribution in [0.4, 0.5) is 11.5 Å². The van der Waals surface area contributed by atoms with E-state index in [-0.39, 0.29) is 5.78 Å². The Morgan fingerprint density at radius 2 is 1.79 bits per heavy atom. The first-order chi connectivity index (χ1) is 14.1. The zero-order valence-electron chi connectivity index (χ0n) is 16.0. The first kappa shape index (κ1) is 19.0. The Balaban J connectivity index is 1.66. The normalized spacial score (nSPS) is 16.8. The van der Waals surface area contributed by atoms with Gasteiger partial charge in [0.15, 0.2) is 0 Å². The van der Waals surface area contributed by atoms with Gasteiger partial charge in [-0.2, -0.15) is 0 Å². The van der Waals surface area contributed by atoms with Crippen molar-refractivity contribution in [1.82, 2.24) is 4.98 Å². The summed E-state index contributed by atoms with van der Waals surface area (Å²) in [6.07, 6.45) is 4.35. The average molecular weight is 472 g/mol. The number of halogens is 1. The van der Waals surface area contributed by atoms with Gasteiger partial charge in [0.05, 0.1) is 18.9 Å². The molecular weight excluding hydrogens is 450 g/mol. The van der Waals surface area contributed by atoms with Gasteiger partial charge in [-0.3, -0.25) is 4.79 Å². The van der Waals surface area contributed by atoms with Crippen molar-refractivity contribution in [3.8, 4) is 0 Å². The molecule has 3 aromatic rings. The number of morpholine rings is 1. The molecule has 2 aliphatic rings. The Morgan fingerprint density at radius 1 is 1.10 bits per heavy atom. The molecule has 2 N–H and O–H groups in total. The van der Waals surface area contributed by atoms with Crippen molar-refractivity contribution >= 4 is 54.8 Å². The van der Waals surface area contributed by atoms with Gasteiger partial charge in [0.2, 0.25) is 5.78 Å². The lowest BCUT2D eigenvalue weighted by atomic mass is 9.89. The van der Waals surface area contributed by atoms with Crippen LogP contribution < -0.4 is 10.6 Å². The fourth-order valence-electron chi connectivity index (χ4n) is 4.33. The summed E-state index contributed by atoms with van der Waals surface area (Å²) in [5.74, 6) is 1.04. The molecule has 0 bridgehead atoms. The molecule has 0 spiro atoms. The largest absolute Gasteiger partial charge is 0.397 e. The zero-order valence-corrected chi connectivity index (χ0v) is 18.4. The second-order valence-corrected chi connectivity index (χ2v) is 9.47. The van der Waals surface area contributed by atoms with Crippen molar-refractivity contribution in [3.05, 3.63) is 50.3 Å². The molecule has 5 rings (SSSR count). The molecular formula is C22H22BrN3O2S. The van der Waals surface area contributed by atoms with Crippen molar-refractivity contribution in [1.29, 1.82) is 0 Å². The highest BCUT2D eigenvalue weighted by Crippen LogP contribution is 2.42. The topological polar surface area (TPSA) is 68.5 Å². The van der Waals surface area contributed by atoms with Crippen LogP contribution in [0.25, 0.3) is 10.2 Å². The SMILES string of the molecule is Nc1c(C(=O)c2ccc(Br)cc2)sc2nc(N3CCOCC3)c3c(c12)CCCC3. The van der Waals surface area contributed by atoms with Gasteiger partial charge in [-0.25, -0.2) is 4.98 Å². The molecule has 3 heterocycles. The van der Waals surface area contributed by atoms with Gasteiger partial charge in [-0.05, 0) is 61.1 Å². The maximum atomic E-state index is 13.2. The highest BCUT2D eigenvalue weighted by atomic mass is 79.9. The number of aromatic nitrogens is 1. The van der Waals surface area contributed by atoms with Gasteiger partial charge in [0.1, 0.15) is 15.5 Å². The van der Waals surface area contributed by atoms with Crippen LogP contribution in [-0.4, -0.2) is 37.1 Å². The molecule has 29 heavy (non-hydrogen) atoms. The monoisotopic (exact) mass is 471 g/mol. The van der Waals surface area contributed by atoms with E-state index in [9.17, 15) is 4.79 Å². The minimum Gasteiger partial charge on any atom is -0.397 e. The maximum absolute atomic E-state index is 13.2. The molecule has 0 atom stereocenters. The first-order valence-corrected chi connectivity index (χ1v) is 11.6. The van der Waals surface area contributed by atoms with E-state index in [4.69, 9.17) is 15.5 Å². The van der Waals surface area contributed by atoms with E-state index in [1.54, 1.807) is 0 Å². The third kappa shape index (κ3) is 3.35.